The van der Waals surface area contributed by atoms with Crippen molar-refractivity contribution in [3.8, 4) is 0 Å². The van der Waals surface area contributed by atoms with Crippen LogP contribution in [0.25, 0.3) is 11.3 Å². The van der Waals surface area contributed by atoms with E-state index in [1.54, 1.807) is 26.4 Å². The second-order valence-corrected chi connectivity index (χ2v) is 13.5. The molecule has 0 saturated carbocycles. The summed E-state index contributed by atoms with van der Waals surface area (Å²) in [7, 11) is -0.337. The van der Waals surface area contributed by atoms with Crippen LogP contribution < -0.4 is 20.3 Å². The molecule has 2 aromatic carbocycles. The topological polar surface area (TPSA) is 124 Å². The van der Waals surface area contributed by atoms with E-state index in [0.717, 1.165) is 39.8 Å². The van der Waals surface area contributed by atoms with E-state index < -0.39 is 22.2 Å². The number of benzene rings is 2. The molecule has 0 saturated heterocycles. The zero-order chi connectivity index (χ0) is 35.9. The van der Waals surface area contributed by atoms with Gasteiger partial charge in [0.15, 0.2) is 0 Å². The van der Waals surface area contributed by atoms with Gasteiger partial charge in [-0.15, -0.1) is 13.2 Å². The molecule has 0 spiro atoms. The number of carbonyl (C=O) groups is 1. The second kappa shape index (κ2) is 19.5. The average molecular weight is 676 g/mol. The van der Waals surface area contributed by atoms with Crippen LogP contribution in [0.3, 0.4) is 0 Å². The molecule has 1 aromatic heterocycles. The summed E-state index contributed by atoms with van der Waals surface area (Å²) in [6.45, 7) is 18.9. The maximum atomic E-state index is 13.1. The number of nitrogens with zero attached hydrogens (tertiary/aromatic N) is 2. The van der Waals surface area contributed by atoms with Gasteiger partial charge in [-0.3, -0.25) is 14.1 Å². The minimum Gasteiger partial charge on any atom is -0.390 e. The Labute approximate surface area is 287 Å². The van der Waals surface area contributed by atoms with E-state index in [2.05, 4.69) is 53.7 Å². The van der Waals surface area contributed by atoms with Crippen LogP contribution in [0.1, 0.15) is 71.8 Å². The van der Waals surface area contributed by atoms with Crippen molar-refractivity contribution in [2.45, 2.75) is 65.6 Å². The third-order valence-electron chi connectivity index (χ3n) is 8.11. The molecule has 1 amide bonds. The number of pyridine rings is 1. The molecule has 0 radical (unpaired) electrons. The van der Waals surface area contributed by atoms with Crippen molar-refractivity contribution in [1.82, 2.24) is 20.9 Å². The van der Waals surface area contributed by atoms with E-state index in [9.17, 15) is 18.3 Å². The summed E-state index contributed by atoms with van der Waals surface area (Å²) in [6, 6.07) is 15.2. The van der Waals surface area contributed by atoms with Gasteiger partial charge < -0.3 is 21.1 Å². The number of aromatic nitrogens is 1. The Morgan fingerprint density at radius 3 is 2.35 bits per heavy atom. The molecule has 0 fully saturated rings. The number of nitrogens with one attached hydrogen (secondary N) is 3. The largest absolute Gasteiger partial charge is 0.390 e. The van der Waals surface area contributed by atoms with Gasteiger partial charge in [-0.2, -0.15) is 0 Å². The van der Waals surface area contributed by atoms with E-state index in [4.69, 9.17) is 0 Å². The van der Waals surface area contributed by atoms with Crippen molar-refractivity contribution in [2.75, 3.05) is 30.7 Å². The van der Waals surface area contributed by atoms with Crippen LogP contribution in [0.5, 0.6) is 0 Å². The highest BCUT2D eigenvalue weighted by molar-refractivity contribution is 7.92. The second-order valence-electron chi connectivity index (χ2n) is 11.4. The molecule has 3 aromatic rings. The molecule has 1 heterocycles. The van der Waals surface area contributed by atoms with E-state index in [-0.39, 0.29) is 18.2 Å². The molecular formula is C38H53N5O4S. The third-order valence-corrected chi connectivity index (χ3v) is 10.1. The summed E-state index contributed by atoms with van der Waals surface area (Å²) in [4.78, 5) is 16.2. The highest BCUT2D eigenvalue weighted by Crippen LogP contribution is 2.34. The molecule has 0 aliphatic carbocycles. The lowest BCUT2D eigenvalue weighted by atomic mass is 9.93. The molecule has 48 heavy (non-hydrogen) atoms. The fraction of sp³-hybridized carbons (Fsp3) is 0.368. The van der Waals surface area contributed by atoms with Gasteiger partial charge in [-0.05, 0) is 84.7 Å². The zero-order valence-corrected chi connectivity index (χ0v) is 30.2. The fourth-order valence-corrected chi connectivity index (χ4v) is 6.73. The predicted octanol–water partition coefficient (Wildman–Crippen LogP) is 5.86. The molecule has 0 aliphatic rings. The maximum Gasteiger partial charge on any atom is 0.252 e. The van der Waals surface area contributed by atoms with Crippen LogP contribution in [0.15, 0.2) is 86.7 Å². The Bertz CT molecular complexity index is 1640. The quantitative estimate of drug-likeness (QED) is 0.132. The van der Waals surface area contributed by atoms with E-state index in [0.29, 0.717) is 36.3 Å². The molecule has 3 rings (SSSR count). The van der Waals surface area contributed by atoms with Gasteiger partial charge in [-0.25, -0.2) is 8.42 Å². The average Bonchev–Trinajstić information content (AvgIpc) is 3.09. The Kier molecular flexibility index (Phi) is 16.3. The Morgan fingerprint density at radius 2 is 1.75 bits per heavy atom. The summed E-state index contributed by atoms with van der Waals surface area (Å²) in [5.41, 5.74) is 7.23. The highest BCUT2D eigenvalue weighted by Gasteiger charge is 2.24. The number of aliphatic hydroxyl groups excluding tert-OH is 1. The van der Waals surface area contributed by atoms with Gasteiger partial charge in [0.2, 0.25) is 10.0 Å². The molecular weight excluding hydrogens is 623 g/mol. The van der Waals surface area contributed by atoms with Gasteiger partial charge in [0.05, 0.1) is 29.1 Å². The number of hydrogen-bond donors (Lipinski definition) is 4. The Hall–Kier alpha value is -4.25. The first-order valence-electron chi connectivity index (χ1n) is 16.3. The molecule has 260 valence electrons. The number of sulfonamides is 1. The minimum absolute atomic E-state index is 0.0520. The molecule has 0 aliphatic heterocycles. The number of rotatable bonds is 17. The first kappa shape index (κ1) is 39.9. The van der Waals surface area contributed by atoms with E-state index in [1.165, 1.54) is 10.5 Å². The van der Waals surface area contributed by atoms with Gasteiger partial charge >= 0.3 is 0 Å². The number of carbonyl (C=O) groups excluding carboxylic acids is 1. The summed E-state index contributed by atoms with van der Waals surface area (Å²) in [6.07, 6.45) is 6.28. The Balaban J connectivity index is 0.00000392. The maximum absolute atomic E-state index is 13.1. The van der Waals surface area contributed by atoms with Crippen LogP contribution in [0, 0.1) is 6.92 Å². The predicted molar refractivity (Wildman–Crippen MR) is 200 cm³/mol. The summed E-state index contributed by atoms with van der Waals surface area (Å²) >= 11 is 0. The zero-order valence-electron chi connectivity index (χ0n) is 29.3. The minimum atomic E-state index is -3.51. The summed E-state index contributed by atoms with van der Waals surface area (Å²) < 4.78 is 27.6. The van der Waals surface area contributed by atoms with Gasteiger partial charge in [0, 0.05) is 45.3 Å². The van der Waals surface area contributed by atoms with Crippen molar-refractivity contribution in [3.05, 3.63) is 120 Å². The van der Waals surface area contributed by atoms with Crippen molar-refractivity contribution in [2.24, 2.45) is 0 Å². The van der Waals surface area contributed by atoms with Crippen LogP contribution in [0.4, 0.5) is 5.69 Å². The lowest BCUT2D eigenvalue weighted by Gasteiger charge is -2.29. The van der Waals surface area contributed by atoms with Crippen molar-refractivity contribution >= 4 is 32.9 Å². The van der Waals surface area contributed by atoms with Gasteiger partial charge in [0.25, 0.3) is 5.91 Å². The molecule has 10 heteroatoms. The number of hydrogen-bond acceptors (Lipinski definition) is 7. The molecule has 2 unspecified atom stereocenters. The van der Waals surface area contributed by atoms with Crippen LogP contribution >= 0.6 is 0 Å². The number of aliphatic hydroxyl groups is 1. The summed E-state index contributed by atoms with van der Waals surface area (Å²) in [5, 5.41) is 20.8. The normalized spacial score (nSPS) is 12.7. The fourth-order valence-electron chi connectivity index (χ4n) is 5.45. The van der Waals surface area contributed by atoms with Crippen LogP contribution in [-0.4, -0.2) is 63.0 Å². The van der Waals surface area contributed by atoms with Crippen molar-refractivity contribution in [1.29, 1.82) is 0 Å². The number of amides is 1. The van der Waals surface area contributed by atoms with Gasteiger partial charge in [0.1, 0.15) is 0 Å². The Morgan fingerprint density at radius 1 is 1.06 bits per heavy atom. The molecule has 0 bridgehead atoms. The first-order valence-corrected chi connectivity index (χ1v) is 17.9. The SMILES string of the molecule is C=C.C=C(NC(Cc1ccccc1)C(O)CNCc1cncc(C(=O)NC)c1)c1cc(/C(=C\C)CC)c(C)c(N(C)S(=O)(=O)CCC)c1. The van der Waals surface area contributed by atoms with Crippen molar-refractivity contribution < 1.29 is 18.3 Å². The lowest BCUT2D eigenvalue weighted by molar-refractivity contribution is 0.0962. The number of allylic oxidation sites excluding steroid dienone is 2. The monoisotopic (exact) mass is 675 g/mol. The third kappa shape index (κ3) is 10.9. The molecule has 2 atom stereocenters. The van der Waals surface area contributed by atoms with Crippen LogP contribution in [0.2, 0.25) is 0 Å². The van der Waals surface area contributed by atoms with E-state index in [1.807, 2.05) is 63.2 Å². The van der Waals surface area contributed by atoms with E-state index >= 15 is 0 Å². The van der Waals surface area contributed by atoms with Crippen LogP contribution in [-0.2, 0) is 23.0 Å². The molecule has 4 N–H and O–H groups in total. The number of anilines is 1. The standard InChI is InChI=1S/C36H49N5O4S.C2H4/c1-8-16-46(44,45)41(7)34-20-30(19-32(25(34)4)29(9-2)10-3)26(5)40-33(18-27-14-12-11-13-15-27)35(42)24-39-22-28-17-31(23-38-21-28)36(43)37-6;1-2/h9,11-15,17,19-21,23,33,35,39-40,42H,5,8,10,16,18,22,24H2,1-4,6-7H3,(H,37,43);1-2H2/b29-9-;. The lowest BCUT2D eigenvalue weighted by Crippen LogP contribution is -2.45. The molecule has 9 nitrogen and oxygen atoms in total. The highest BCUT2D eigenvalue weighted by atomic mass is 32.2. The van der Waals surface area contributed by atoms with Crippen molar-refractivity contribution in [3.63, 3.8) is 0 Å². The smallest absolute Gasteiger partial charge is 0.252 e. The first-order chi connectivity index (χ1) is 22.9. The summed E-state index contributed by atoms with van der Waals surface area (Å²) in [5.74, 6) is -0.159. The van der Waals surface area contributed by atoms with Gasteiger partial charge in [-0.1, -0.05) is 56.8 Å².